The molecule has 0 spiro atoms. The first-order chi connectivity index (χ1) is 16.6. The number of halogens is 3. The van der Waals surface area contributed by atoms with Gasteiger partial charge in [-0.1, -0.05) is 30.3 Å². The Kier molecular flexibility index (Phi) is 6.12. The maximum atomic E-state index is 14.1. The summed E-state index contributed by atoms with van der Waals surface area (Å²) in [4.78, 5) is 25.1. The molecule has 0 saturated carbocycles. The van der Waals surface area contributed by atoms with Gasteiger partial charge in [-0.2, -0.15) is 0 Å². The number of ether oxygens (including phenoxy) is 1. The normalized spacial score (nSPS) is 12.0. The summed E-state index contributed by atoms with van der Waals surface area (Å²) in [5.41, 5.74) is -1.61. The van der Waals surface area contributed by atoms with E-state index < -0.39 is 75.0 Å². The number of hydrogen-bond acceptors (Lipinski definition) is 7. The van der Waals surface area contributed by atoms with Gasteiger partial charge in [0.2, 0.25) is 5.75 Å². The molecule has 4 rings (SSSR count). The third kappa shape index (κ3) is 4.14. The lowest BCUT2D eigenvalue weighted by Crippen LogP contribution is -2.13. The summed E-state index contributed by atoms with van der Waals surface area (Å²) in [6, 6.07) is 10.5. The van der Waals surface area contributed by atoms with Crippen molar-refractivity contribution in [1.82, 2.24) is 0 Å². The topological polar surface area (TPSA) is 117 Å². The molecule has 0 bridgehead atoms. The van der Waals surface area contributed by atoms with Crippen LogP contribution in [0.2, 0.25) is 0 Å². The van der Waals surface area contributed by atoms with E-state index >= 15 is 0 Å². The van der Waals surface area contributed by atoms with Gasteiger partial charge in [-0.05, 0) is 17.7 Å². The van der Waals surface area contributed by atoms with Gasteiger partial charge in [0.1, 0.15) is 16.7 Å². The lowest BCUT2D eigenvalue weighted by Gasteiger charge is -2.21. The van der Waals surface area contributed by atoms with Crippen molar-refractivity contribution < 1.29 is 42.4 Å². The number of rotatable bonds is 5. The number of fused-ring (bicyclic) bond motifs is 1. The van der Waals surface area contributed by atoms with Crippen LogP contribution in [0.4, 0.5) is 13.2 Å². The molecule has 0 unspecified atom stereocenters. The Morgan fingerprint density at radius 3 is 2.20 bits per heavy atom. The van der Waals surface area contributed by atoms with Crippen molar-refractivity contribution in [3.63, 3.8) is 0 Å². The van der Waals surface area contributed by atoms with Crippen molar-refractivity contribution in [2.75, 3.05) is 7.11 Å². The Morgan fingerprint density at radius 1 is 0.971 bits per heavy atom. The second kappa shape index (κ2) is 9.05. The van der Waals surface area contributed by atoms with Gasteiger partial charge in [0.05, 0.1) is 13.5 Å². The smallest absolute Gasteiger partial charge is 0.306 e. The molecule has 1 aromatic heterocycles. The number of phenolic OH excluding ortho intramolecular Hbond substituents is 3. The number of methoxy groups -OCH3 is 1. The van der Waals surface area contributed by atoms with E-state index in [4.69, 9.17) is 4.42 Å². The molecule has 4 aromatic rings. The number of hydrogen-bond donors (Lipinski definition) is 3. The minimum absolute atomic E-state index is 0.00197. The van der Waals surface area contributed by atoms with E-state index in [9.17, 15) is 38.1 Å². The van der Waals surface area contributed by atoms with E-state index in [0.29, 0.717) is 17.7 Å². The van der Waals surface area contributed by atoms with Crippen molar-refractivity contribution in [3.8, 4) is 28.6 Å². The molecule has 0 fully saturated rings. The van der Waals surface area contributed by atoms with Gasteiger partial charge in [-0.3, -0.25) is 9.59 Å². The third-order valence-corrected chi connectivity index (χ3v) is 5.55. The zero-order chi connectivity index (χ0) is 25.4. The van der Waals surface area contributed by atoms with Crippen LogP contribution in [-0.2, 0) is 9.53 Å². The molecule has 180 valence electrons. The van der Waals surface area contributed by atoms with Crippen LogP contribution in [0.25, 0.3) is 22.3 Å². The summed E-state index contributed by atoms with van der Waals surface area (Å²) < 4.78 is 52.3. The molecule has 0 amide bonds. The Bertz CT molecular complexity index is 1490. The predicted octanol–water partition coefficient (Wildman–Crippen LogP) is 4.69. The van der Waals surface area contributed by atoms with E-state index in [1.165, 1.54) is 0 Å². The van der Waals surface area contributed by atoms with E-state index in [-0.39, 0.29) is 11.3 Å². The first-order valence-electron chi connectivity index (χ1n) is 10.1. The van der Waals surface area contributed by atoms with Crippen LogP contribution in [0.1, 0.15) is 23.5 Å². The van der Waals surface area contributed by atoms with Crippen LogP contribution in [0, 0.1) is 17.5 Å². The first-order valence-corrected chi connectivity index (χ1v) is 10.1. The zero-order valence-electron chi connectivity index (χ0n) is 18.0. The standard InChI is InChI=1S/C25H17F3O7/c1-34-18(30)9-13(12-7-14(26)21(28)15(27)8-12)19-22(31)24(33)23(32)20-16(29)10-17(35-25(19)20)11-5-3-2-4-6-11/h2-8,10,13,31-33H,9H2,1H3/t13-/m1/s1. The van der Waals surface area contributed by atoms with Crippen LogP contribution in [0.3, 0.4) is 0 Å². The number of carbonyl (C=O) groups excluding carboxylic acids is 1. The molecule has 3 N–H and O–H groups in total. The fraction of sp³-hybridized carbons (Fsp3) is 0.120. The van der Waals surface area contributed by atoms with Gasteiger partial charge >= 0.3 is 5.97 Å². The van der Waals surface area contributed by atoms with E-state index in [1.807, 2.05) is 0 Å². The van der Waals surface area contributed by atoms with Crippen LogP contribution in [-0.4, -0.2) is 28.4 Å². The van der Waals surface area contributed by atoms with Gasteiger partial charge in [-0.15, -0.1) is 0 Å². The Morgan fingerprint density at radius 2 is 1.60 bits per heavy atom. The molecule has 10 heteroatoms. The van der Waals surface area contributed by atoms with Crippen molar-refractivity contribution in [2.24, 2.45) is 0 Å². The lowest BCUT2D eigenvalue weighted by molar-refractivity contribution is -0.140. The monoisotopic (exact) mass is 486 g/mol. The van der Waals surface area contributed by atoms with Crippen LogP contribution >= 0.6 is 0 Å². The largest absolute Gasteiger partial charge is 0.504 e. The van der Waals surface area contributed by atoms with Crippen molar-refractivity contribution in [2.45, 2.75) is 12.3 Å². The highest BCUT2D eigenvalue weighted by atomic mass is 19.2. The summed E-state index contributed by atoms with van der Waals surface area (Å²) in [6.07, 6.45) is -0.660. The summed E-state index contributed by atoms with van der Waals surface area (Å²) in [7, 11) is 1.05. The molecular formula is C25H17F3O7. The summed E-state index contributed by atoms with van der Waals surface area (Å²) >= 11 is 0. The molecule has 0 aliphatic rings. The highest BCUT2D eigenvalue weighted by molar-refractivity contribution is 5.93. The molecule has 0 aliphatic heterocycles. The first kappa shape index (κ1) is 23.7. The average molecular weight is 486 g/mol. The van der Waals surface area contributed by atoms with Gasteiger partial charge < -0.3 is 24.5 Å². The fourth-order valence-electron chi connectivity index (χ4n) is 3.85. The van der Waals surface area contributed by atoms with E-state index in [2.05, 4.69) is 4.74 Å². The van der Waals surface area contributed by atoms with Crippen LogP contribution in [0.15, 0.2) is 57.7 Å². The maximum Gasteiger partial charge on any atom is 0.306 e. The van der Waals surface area contributed by atoms with E-state index in [1.54, 1.807) is 30.3 Å². The Hall–Kier alpha value is -4.47. The highest BCUT2D eigenvalue weighted by Crippen LogP contribution is 2.49. The summed E-state index contributed by atoms with van der Waals surface area (Å²) in [6.45, 7) is 0. The molecule has 0 saturated heterocycles. The van der Waals surface area contributed by atoms with Gasteiger partial charge in [-0.25, -0.2) is 13.2 Å². The number of benzene rings is 3. The molecule has 0 radical (unpaired) electrons. The van der Waals surface area contributed by atoms with Gasteiger partial charge in [0.25, 0.3) is 0 Å². The van der Waals surface area contributed by atoms with Gasteiger partial charge in [0.15, 0.2) is 34.4 Å². The number of aromatic hydroxyl groups is 3. The number of carbonyl (C=O) groups is 1. The molecule has 7 nitrogen and oxygen atoms in total. The predicted molar refractivity (Wildman–Crippen MR) is 118 cm³/mol. The van der Waals surface area contributed by atoms with E-state index in [0.717, 1.165) is 13.2 Å². The minimum Gasteiger partial charge on any atom is -0.504 e. The lowest BCUT2D eigenvalue weighted by atomic mass is 9.86. The molecular weight excluding hydrogens is 469 g/mol. The average Bonchev–Trinajstić information content (AvgIpc) is 2.85. The molecule has 35 heavy (non-hydrogen) atoms. The molecule has 1 atom stereocenters. The number of phenols is 3. The summed E-state index contributed by atoms with van der Waals surface area (Å²) in [5, 5.41) is 30.9. The quantitative estimate of drug-likeness (QED) is 0.213. The van der Waals surface area contributed by atoms with Crippen LogP contribution < -0.4 is 5.43 Å². The SMILES string of the molecule is COC(=O)C[C@H](c1cc(F)c(F)c(F)c1)c1c(O)c(O)c(O)c2c(=O)cc(-c3ccccc3)oc12. The number of esters is 1. The van der Waals surface area contributed by atoms with Gasteiger partial charge in [0, 0.05) is 23.1 Å². The second-order valence-corrected chi connectivity index (χ2v) is 7.64. The highest BCUT2D eigenvalue weighted by Gasteiger charge is 2.32. The minimum atomic E-state index is -1.76. The third-order valence-electron chi connectivity index (χ3n) is 5.55. The second-order valence-electron chi connectivity index (χ2n) is 7.64. The van der Waals surface area contributed by atoms with Crippen molar-refractivity contribution >= 4 is 16.9 Å². The zero-order valence-corrected chi connectivity index (χ0v) is 18.0. The Balaban J connectivity index is 2.11. The molecule has 0 aliphatic carbocycles. The molecule has 1 heterocycles. The van der Waals surface area contributed by atoms with Crippen LogP contribution in [0.5, 0.6) is 17.2 Å². The van der Waals surface area contributed by atoms with Crippen molar-refractivity contribution in [1.29, 1.82) is 0 Å². The fourth-order valence-corrected chi connectivity index (χ4v) is 3.85. The van der Waals surface area contributed by atoms with Crippen molar-refractivity contribution in [3.05, 3.63) is 87.3 Å². The maximum absolute atomic E-state index is 14.1. The summed E-state index contributed by atoms with van der Waals surface area (Å²) in [5.74, 6) is -10.4. The Labute approximate surface area is 195 Å². The molecule has 3 aromatic carbocycles.